The van der Waals surface area contributed by atoms with Crippen molar-refractivity contribution in [1.29, 1.82) is 0 Å². The Kier molecular flexibility index (Phi) is 2.89. The molecule has 3 nitrogen and oxygen atoms in total. The molecule has 0 amide bonds. The molecule has 3 heteroatoms. The third-order valence-electron chi connectivity index (χ3n) is 2.98. The lowest BCUT2D eigenvalue weighted by atomic mass is 10.1. The van der Waals surface area contributed by atoms with E-state index in [2.05, 4.69) is 22.4 Å². The molecule has 1 heterocycles. The molecule has 3 rings (SSSR count). The van der Waals surface area contributed by atoms with Crippen LogP contribution in [0.5, 0.6) is 5.75 Å². The number of anilines is 1. The second-order valence-electron chi connectivity index (χ2n) is 4.50. The van der Waals surface area contributed by atoms with Gasteiger partial charge in [-0.25, -0.2) is 4.98 Å². The molecule has 1 aliphatic rings. The van der Waals surface area contributed by atoms with E-state index in [-0.39, 0.29) is 0 Å². The van der Waals surface area contributed by atoms with Crippen molar-refractivity contribution in [2.24, 2.45) is 0 Å². The first-order valence-corrected chi connectivity index (χ1v) is 6.27. The summed E-state index contributed by atoms with van der Waals surface area (Å²) in [6, 6.07) is 14.1. The Morgan fingerprint density at radius 3 is 2.56 bits per heavy atom. The smallest absolute Gasteiger partial charge is 0.126 e. The molecule has 1 saturated carbocycles. The van der Waals surface area contributed by atoms with Crippen LogP contribution in [-0.4, -0.2) is 18.1 Å². The molecule has 18 heavy (non-hydrogen) atoms. The van der Waals surface area contributed by atoms with Crippen LogP contribution in [0.4, 0.5) is 5.82 Å². The molecule has 0 radical (unpaired) electrons. The van der Waals surface area contributed by atoms with Gasteiger partial charge < -0.3 is 10.1 Å². The van der Waals surface area contributed by atoms with Crippen LogP contribution >= 0.6 is 0 Å². The van der Waals surface area contributed by atoms with Gasteiger partial charge in [0.2, 0.25) is 0 Å². The molecule has 0 atom stereocenters. The molecular weight excluding hydrogens is 224 g/mol. The van der Waals surface area contributed by atoms with E-state index in [0.717, 1.165) is 22.8 Å². The van der Waals surface area contributed by atoms with Gasteiger partial charge in [0, 0.05) is 12.6 Å². The predicted octanol–water partition coefficient (Wildman–Crippen LogP) is 3.33. The number of benzene rings is 1. The topological polar surface area (TPSA) is 34.1 Å². The number of aromatic nitrogens is 1. The SMILES string of the molecule is CNc1cccc(-c2ccc(OC3CC3)cc2)n1. The minimum absolute atomic E-state index is 0.446. The quantitative estimate of drug-likeness (QED) is 0.890. The maximum Gasteiger partial charge on any atom is 0.126 e. The van der Waals surface area contributed by atoms with Gasteiger partial charge in [-0.3, -0.25) is 0 Å². The summed E-state index contributed by atoms with van der Waals surface area (Å²) in [5, 5.41) is 3.05. The molecule has 1 aromatic heterocycles. The highest BCUT2D eigenvalue weighted by Crippen LogP contribution is 2.28. The van der Waals surface area contributed by atoms with Crippen molar-refractivity contribution < 1.29 is 4.74 Å². The standard InChI is InChI=1S/C15H16N2O/c1-16-15-4-2-3-14(17-15)11-5-7-12(8-6-11)18-13-9-10-13/h2-8,13H,9-10H2,1H3,(H,16,17). The van der Waals surface area contributed by atoms with Crippen LogP contribution in [0.2, 0.25) is 0 Å². The van der Waals surface area contributed by atoms with Gasteiger partial charge in [-0.05, 0) is 49.2 Å². The molecule has 0 spiro atoms. The molecule has 2 aromatic rings. The largest absolute Gasteiger partial charge is 0.490 e. The van der Waals surface area contributed by atoms with Gasteiger partial charge in [0.1, 0.15) is 11.6 Å². The summed E-state index contributed by atoms with van der Waals surface area (Å²) >= 11 is 0. The average molecular weight is 240 g/mol. The Hall–Kier alpha value is -2.03. The first-order valence-electron chi connectivity index (χ1n) is 6.27. The van der Waals surface area contributed by atoms with E-state index in [1.807, 2.05) is 37.4 Å². The normalized spacial score (nSPS) is 14.3. The van der Waals surface area contributed by atoms with Crippen molar-refractivity contribution in [3.05, 3.63) is 42.5 Å². The Morgan fingerprint density at radius 2 is 1.89 bits per heavy atom. The molecule has 0 saturated heterocycles. The van der Waals surface area contributed by atoms with Gasteiger partial charge >= 0.3 is 0 Å². The molecule has 1 N–H and O–H groups in total. The van der Waals surface area contributed by atoms with Crippen LogP contribution in [-0.2, 0) is 0 Å². The van der Waals surface area contributed by atoms with E-state index < -0.39 is 0 Å². The number of hydrogen-bond acceptors (Lipinski definition) is 3. The minimum Gasteiger partial charge on any atom is -0.490 e. The van der Waals surface area contributed by atoms with E-state index in [9.17, 15) is 0 Å². The summed E-state index contributed by atoms with van der Waals surface area (Å²) in [5.74, 6) is 1.83. The van der Waals surface area contributed by atoms with E-state index in [1.54, 1.807) is 0 Å². The Bertz CT molecular complexity index is 532. The fourth-order valence-corrected chi connectivity index (χ4v) is 1.82. The van der Waals surface area contributed by atoms with Gasteiger partial charge in [-0.1, -0.05) is 6.07 Å². The second kappa shape index (κ2) is 4.69. The van der Waals surface area contributed by atoms with Crippen molar-refractivity contribution in [1.82, 2.24) is 4.98 Å². The van der Waals surface area contributed by atoms with Crippen LogP contribution in [0.25, 0.3) is 11.3 Å². The Morgan fingerprint density at radius 1 is 1.11 bits per heavy atom. The van der Waals surface area contributed by atoms with Crippen molar-refractivity contribution in [2.75, 3.05) is 12.4 Å². The van der Waals surface area contributed by atoms with Crippen LogP contribution < -0.4 is 10.1 Å². The maximum atomic E-state index is 5.73. The zero-order valence-electron chi connectivity index (χ0n) is 10.4. The van der Waals surface area contributed by atoms with Gasteiger partial charge in [0.25, 0.3) is 0 Å². The van der Waals surface area contributed by atoms with Gasteiger partial charge in [0.15, 0.2) is 0 Å². The number of nitrogens with zero attached hydrogens (tertiary/aromatic N) is 1. The molecule has 1 fully saturated rings. The first-order chi connectivity index (χ1) is 8.85. The minimum atomic E-state index is 0.446. The van der Waals surface area contributed by atoms with Crippen molar-refractivity contribution in [2.45, 2.75) is 18.9 Å². The number of hydrogen-bond donors (Lipinski definition) is 1. The zero-order chi connectivity index (χ0) is 12.4. The number of ether oxygens (including phenoxy) is 1. The fraction of sp³-hybridized carbons (Fsp3) is 0.267. The lowest BCUT2D eigenvalue weighted by Crippen LogP contribution is -1.96. The predicted molar refractivity (Wildman–Crippen MR) is 72.9 cm³/mol. The van der Waals surface area contributed by atoms with E-state index in [4.69, 9.17) is 4.74 Å². The van der Waals surface area contributed by atoms with Crippen LogP contribution in [0.3, 0.4) is 0 Å². The second-order valence-corrected chi connectivity index (χ2v) is 4.50. The summed E-state index contributed by atoms with van der Waals surface area (Å²) in [4.78, 5) is 4.51. The number of rotatable bonds is 4. The monoisotopic (exact) mass is 240 g/mol. The van der Waals surface area contributed by atoms with Gasteiger partial charge in [-0.2, -0.15) is 0 Å². The molecule has 92 valence electrons. The van der Waals surface area contributed by atoms with Gasteiger partial charge in [0.05, 0.1) is 11.8 Å². The number of pyridine rings is 1. The summed E-state index contributed by atoms with van der Waals surface area (Å²) in [6.45, 7) is 0. The highest BCUT2D eigenvalue weighted by Gasteiger charge is 2.23. The summed E-state index contributed by atoms with van der Waals surface area (Å²) in [7, 11) is 1.87. The molecule has 1 aliphatic carbocycles. The number of nitrogens with one attached hydrogen (secondary N) is 1. The van der Waals surface area contributed by atoms with Crippen LogP contribution in [0, 0.1) is 0 Å². The Labute approximate surface area is 107 Å². The zero-order valence-corrected chi connectivity index (χ0v) is 10.4. The lowest BCUT2D eigenvalue weighted by Gasteiger charge is -2.06. The van der Waals surface area contributed by atoms with E-state index in [1.165, 1.54) is 12.8 Å². The third-order valence-corrected chi connectivity index (χ3v) is 2.98. The van der Waals surface area contributed by atoms with Crippen LogP contribution in [0.1, 0.15) is 12.8 Å². The third kappa shape index (κ3) is 2.45. The van der Waals surface area contributed by atoms with Gasteiger partial charge in [-0.15, -0.1) is 0 Å². The average Bonchev–Trinajstić information content (AvgIpc) is 3.24. The highest BCUT2D eigenvalue weighted by atomic mass is 16.5. The fourth-order valence-electron chi connectivity index (χ4n) is 1.82. The van der Waals surface area contributed by atoms with Crippen molar-refractivity contribution >= 4 is 5.82 Å². The van der Waals surface area contributed by atoms with Crippen LogP contribution in [0.15, 0.2) is 42.5 Å². The lowest BCUT2D eigenvalue weighted by molar-refractivity contribution is 0.303. The molecular formula is C15H16N2O. The summed E-state index contributed by atoms with van der Waals surface area (Å²) in [5.41, 5.74) is 2.08. The maximum absolute atomic E-state index is 5.73. The highest BCUT2D eigenvalue weighted by molar-refractivity contribution is 5.62. The molecule has 0 bridgehead atoms. The van der Waals surface area contributed by atoms with E-state index in [0.29, 0.717) is 6.10 Å². The summed E-state index contributed by atoms with van der Waals surface area (Å²) in [6.07, 6.45) is 2.82. The molecule has 0 unspecified atom stereocenters. The summed E-state index contributed by atoms with van der Waals surface area (Å²) < 4.78 is 5.73. The van der Waals surface area contributed by atoms with Crippen molar-refractivity contribution in [3.8, 4) is 17.0 Å². The molecule has 1 aromatic carbocycles. The Balaban J connectivity index is 1.81. The van der Waals surface area contributed by atoms with E-state index >= 15 is 0 Å². The molecule has 0 aliphatic heterocycles. The first kappa shape index (κ1) is 11.1. The van der Waals surface area contributed by atoms with Crippen molar-refractivity contribution in [3.63, 3.8) is 0 Å².